The summed E-state index contributed by atoms with van der Waals surface area (Å²) in [5.74, 6) is 0.386. The van der Waals surface area contributed by atoms with E-state index in [-0.39, 0.29) is 18.0 Å². The number of carbonyl (C=O) groups excluding carboxylic acids is 1. The number of nitrogens with zero attached hydrogens (tertiary/aromatic N) is 1. The van der Waals surface area contributed by atoms with Crippen molar-refractivity contribution < 1.29 is 9.53 Å². The summed E-state index contributed by atoms with van der Waals surface area (Å²) in [6, 6.07) is 0.0637. The number of carbonyl (C=O) groups is 1. The molecule has 1 rings (SSSR count). The van der Waals surface area contributed by atoms with Crippen LogP contribution in [0.3, 0.4) is 0 Å². The van der Waals surface area contributed by atoms with Gasteiger partial charge in [-0.25, -0.2) is 0 Å². The maximum Gasteiger partial charge on any atom is 0.234 e. The van der Waals surface area contributed by atoms with Crippen molar-refractivity contribution in [2.45, 2.75) is 38.8 Å². The van der Waals surface area contributed by atoms with Crippen LogP contribution >= 0.6 is 0 Å². The molecule has 2 unspecified atom stereocenters. The van der Waals surface area contributed by atoms with Gasteiger partial charge in [-0.1, -0.05) is 13.8 Å². The zero-order valence-electron chi connectivity index (χ0n) is 11.8. The molecular formula is C13H27N3O2. The van der Waals surface area contributed by atoms with Crippen molar-refractivity contribution in [2.75, 3.05) is 33.4 Å². The normalized spacial score (nSPS) is 22.6. The lowest BCUT2D eigenvalue weighted by molar-refractivity contribution is -0.120. The monoisotopic (exact) mass is 257 g/mol. The number of methoxy groups -OCH3 is 1. The maximum absolute atomic E-state index is 11.3. The van der Waals surface area contributed by atoms with E-state index in [1.807, 2.05) is 13.8 Å². The molecule has 18 heavy (non-hydrogen) atoms. The number of hydrogen-bond acceptors (Lipinski definition) is 4. The van der Waals surface area contributed by atoms with Crippen LogP contribution in [0.15, 0.2) is 0 Å². The Morgan fingerprint density at radius 1 is 1.56 bits per heavy atom. The van der Waals surface area contributed by atoms with E-state index in [0.717, 1.165) is 32.7 Å². The minimum Gasteiger partial charge on any atom is -0.384 e. The summed E-state index contributed by atoms with van der Waals surface area (Å²) < 4.78 is 5.18. The molecule has 0 bridgehead atoms. The molecule has 0 radical (unpaired) electrons. The van der Waals surface area contributed by atoms with Gasteiger partial charge in [0.25, 0.3) is 0 Å². The molecule has 0 saturated carbocycles. The summed E-state index contributed by atoms with van der Waals surface area (Å²) in [7, 11) is 1.75. The number of likely N-dealkylation sites (tertiary alicyclic amines) is 1. The Morgan fingerprint density at radius 2 is 2.28 bits per heavy atom. The minimum absolute atomic E-state index is 0.216. The molecular weight excluding hydrogens is 230 g/mol. The smallest absolute Gasteiger partial charge is 0.234 e. The molecule has 1 amide bonds. The lowest BCUT2D eigenvalue weighted by Gasteiger charge is -2.22. The lowest BCUT2D eigenvalue weighted by atomic mass is 10.1. The van der Waals surface area contributed by atoms with Crippen molar-refractivity contribution in [1.29, 1.82) is 0 Å². The topological polar surface area (TPSA) is 67.6 Å². The van der Waals surface area contributed by atoms with Gasteiger partial charge >= 0.3 is 0 Å². The molecule has 0 aliphatic carbocycles. The van der Waals surface area contributed by atoms with Crippen LogP contribution in [0, 0.1) is 5.92 Å². The Bertz CT molecular complexity index is 259. The van der Waals surface area contributed by atoms with Crippen LogP contribution in [-0.4, -0.2) is 56.2 Å². The summed E-state index contributed by atoms with van der Waals surface area (Å²) in [6.45, 7) is 7.98. The van der Waals surface area contributed by atoms with Crippen LogP contribution in [0.1, 0.15) is 26.7 Å². The maximum atomic E-state index is 11.3. The second-order valence-corrected chi connectivity index (χ2v) is 5.48. The fourth-order valence-electron chi connectivity index (χ4n) is 2.51. The van der Waals surface area contributed by atoms with E-state index in [1.165, 1.54) is 6.42 Å². The molecule has 1 saturated heterocycles. The molecule has 5 heteroatoms. The Hall–Kier alpha value is -0.650. The second-order valence-electron chi connectivity index (χ2n) is 5.48. The predicted molar refractivity (Wildman–Crippen MR) is 72.3 cm³/mol. The van der Waals surface area contributed by atoms with Gasteiger partial charge in [0.05, 0.1) is 12.6 Å². The number of ether oxygens (including phenoxy) is 1. The third kappa shape index (κ3) is 5.33. The van der Waals surface area contributed by atoms with E-state index in [4.69, 9.17) is 10.5 Å². The summed E-state index contributed by atoms with van der Waals surface area (Å²) in [4.78, 5) is 13.7. The molecule has 1 heterocycles. The Morgan fingerprint density at radius 3 is 2.83 bits per heavy atom. The highest BCUT2D eigenvalue weighted by molar-refractivity contribution is 5.79. The molecule has 5 nitrogen and oxygen atoms in total. The zero-order chi connectivity index (χ0) is 13.5. The van der Waals surface area contributed by atoms with E-state index >= 15 is 0 Å². The lowest BCUT2D eigenvalue weighted by Crippen LogP contribution is -2.46. The first-order chi connectivity index (χ1) is 8.52. The first-order valence-electron chi connectivity index (χ1n) is 6.79. The van der Waals surface area contributed by atoms with Gasteiger partial charge < -0.3 is 20.7 Å². The molecule has 3 N–H and O–H groups in total. The second kappa shape index (κ2) is 7.71. The quantitative estimate of drug-likeness (QED) is 0.652. The van der Waals surface area contributed by atoms with Crippen LogP contribution < -0.4 is 11.1 Å². The summed E-state index contributed by atoms with van der Waals surface area (Å²) in [5.41, 5.74) is 5.40. The van der Waals surface area contributed by atoms with E-state index in [1.54, 1.807) is 7.11 Å². The van der Waals surface area contributed by atoms with E-state index in [2.05, 4.69) is 10.2 Å². The van der Waals surface area contributed by atoms with Crippen molar-refractivity contribution in [2.24, 2.45) is 11.7 Å². The highest BCUT2D eigenvalue weighted by Gasteiger charge is 2.24. The summed E-state index contributed by atoms with van der Waals surface area (Å²) >= 11 is 0. The fraction of sp³-hybridized carbons (Fsp3) is 0.923. The Balaban J connectivity index is 2.28. The van der Waals surface area contributed by atoms with Crippen molar-refractivity contribution in [3.63, 3.8) is 0 Å². The largest absolute Gasteiger partial charge is 0.384 e. The Labute approximate surface area is 110 Å². The average molecular weight is 257 g/mol. The highest BCUT2D eigenvalue weighted by Crippen LogP contribution is 2.16. The summed E-state index contributed by atoms with van der Waals surface area (Å²) in [6.07, 6.45) is 1.97. The van der Waals surface area contributed by atoms with Crippen molar-refractivity contribution in [3.05, 3.63) is 0 Å². The third-order valence-electron chi connectivity index (χ3n) is 3.38. The van der Waals surface area contributed by atoms with Crippen LogP contribution in [0.2, 0.25) is 0 Å². The number of nitrogens with one attached hydrogen (secondary N) is 1. The van der Waals surface area contributed by atoms with Crippen molar-refractivity contribution in [1.82, 2.24) is 10.2 Å². The number of primary amides is 1. The predicted octanol–water partition coefficient (Wildman–Crippen LogP) is 0.197. The zero-order valence-corrected chi connectivity index (χ0v) is 11.8. The van der Waals surface area contributed by atoms with Crippen LogP contribution in [0.5, 0.6) is 0 Å². The number of nitrogens with two attached hydrogens (primary N) is 1. The molecule has 0 spiro atoms. The van der Waals surface area contributed by atoms with Gasteiger partial charge in [0.1, 0.15) is 0 Å². The molecule has 0 aromatic carbocycles. The molecule has 1 aliphatic rings. The third-order valence-corrected chi connectivity index (χ3v) is 3.38. The molecule has 106 valence electrons. The van der Waals surface area contributed by atoms with Crippen molar-refractivity contribution in [3.8, 4) is 0 Å². The average Bonchev–Trinajstić information content (AvgIpc) is 2.72. The molecule has 1 fully saturated rings. The van der Waals surface area contributed by atoms with Crippen LogP contribution in [0.4, 0.5) is 0 Å². The van der Waals surface area contributed by atoms with Crippen LogP contribution in [0.25, 0.3) is 0 Å². The Kier molecular flexibility index (Phi) is 6.60. The van der Waals surface area contributed by atoms with Gasteiger partial charge in [-0.05, 0) is 25.3 Å². The van der Waals surface area contributed by atoms with Gasteiger partial charge in [0, 0.05) is 26.2 Å². The van der Waals surface area contributed by atoms with E-state index in [0.29, 0.717) is 5.92 Å². The van der Waals surface area contributed by atoms with Gasteiger partial charge in [0.2, 0.25) is 5.91 Å². The summed E-state index contributed by atoms with van der Waals surface area (Å²) in [5, 5.41) is 3.21. The van der Waals surface area contributed by atoms with E-state index < -0.39 is 0 Å². The number of rotatable bonds is 8. The molecule has 1 aliphatic heterocycles. The van der Waals surface area contributed by atoms with Gasteiger partial charge in [-0.3, -0.25) is 4.79 Å². The number of amides is 1. The van der Waals surface area contributed by atoms with Crippen molar-refractivity contribution >= 4 is 5.91 Å². The first kappa shape index (κ1) is 15.4. The standard InChI is InChI=1S/C13H27N3O2/c1-10(2)15-12(13(14)17)5-7-16-6-4-11(8-16)9-18-3/h10-12,15H,4-9H2,1-3H3,(H2,14,17). The van der Waals surface area contributed by atoms with Gasteiger partial charge in [-0.2, -0.15) is 0 Å². The highest BCUT2D eigenvalue weighted by atomic mass is 16.5. The first-order valence-corrected chi connectivity index (χ1v) is 6.79. The number of hydrogen-bond donors (Lipinski definition) is 2. The molecule has 2 atom stereocenters. The SMILES string of the molecule is COCC1CCN(CCC(NC(C)C)C(N)=O)C1. The van der Waals surface area contributed by atoms with Gasteiger partial charge in [0.15, 0.2) is 0 Å². The minimum atomic E-state index is -0.253. The van der Waals surface area contributed by atoms with Crippen LogP contribution in [-0.2, 0) is 9.53 Å². The molecule has 0 aromatic heterocycles. The van der Waals surface area contributed by atoms with Gasteiger partial charge in [-0.15, -0.1) is 0 Å². The van der Waals surface area contributed by atoms with E-state index in [9.17, 15) is 4.79 Å². The fourth-order valence-corrected chi connectivity index (χ4v) is 2.51. The molecule has 0 aromatic rings.